The number of urea groups is 2. The summed E-state index contributed by atoms with van der Waals surface area (Å²) in [6.07, 6.45) is 4.03. The maximum absolute atomic E-state index is 13.5. The molecule has 11 heteroatoms. The number of Topliss-reactive ketones (excluding diaryl/α,β-unsaturated/α-hetero) is 2. The van der Waals surface area contributed by atoms with Crippen LogP contribution in [0.4, 0.5) is 29.7 Å². The topological polar surface area (TPSA) is 98.8 Å². The number of ketones is 2. The Labute approximate surface area is 222 Å². The molecule has 0 radical (unpaired) electrons. The summed E-state index contributed by atoms with van der Waals surface area (Å²) in [7, 11) is 0. The summed E-state index contributed by atoms with van der Waals surface area (Å²) in [5, 5.41) is 5.41. The number of benzene rings is 2. The third-order valence-electron chi connectivity index (χ3n) is 6.02. The maximum Gasteiger partial charge on any atom is 0.321 e. The van der Waals surface area contributed by atoms with Crippen molar-refractivity contribution in [1.29, 1.82) is 0 Å². The molecular formula is C26H29BrF2N4O4. The van der Waals surface area contributed by atoms with Crippen LogP contribution in [0.5, 0.6) is 0 Å². The number of hydrogen-bond acceptors (Lipinski definition) is 4. The van der Waals surface area contributed by atoms with Gasteiger partial charge in [0.2, 0.25) is 0 Å². The van der Waals surface area contributed by atoms with Crippen molar-refractivity contribution in [3.63, 3.8) is 0 Å². The van der Waals surface area contributed by atoms with Crippen LogP contribution in [0.25, 0.3) is 0 Å². The van der Waals surface area contributed by atoms with Crippen molar-refractivity contribution in [3.8, 4) is 0 Å². The number of nitrogens with one attached hydrogen (secondary N) is 2. The Morgan fingerprint density at radius 1 is 0.757 bits per heavy atom. The second-order valence-electron chi connectivity index (χ2n) is 8.75. The highest BCUT2D eigenvalue weighted by Gasteiger charge is 2.20. The molecule has 0 bridgehead atoms. The van der Waals surface area contributed by atoms with Crippen LogP contribution in [0.3, 0.4) is 0 Å². The van der Waals surface area contributed by atoms with E-state index in [0.717, 1.165) is 51.9 Å². The van der Waals surface area contributed by atoms with Gasteiger partial charge in [-0.3, -0.25) is 9.59 Å². The van der Waals surface area contributed by atoms with Crippen molar-refractivity contribution in [2.75, 3.05) is 42.1 Å². The van der Waals surface area contributed by atoms with Gasteiger partial charge in [-0.25, -0.2) is 18.4 Å². The zero-order valence-electron chi connectivity index (χ0n) is 20.5. The number of anilines is 2. The molecule has 37 heavy (non-hydrogen) atoms. The lowest BCUT2D eigenvalue weighted by atomic mass is 10.1. The minimum Gasteiger partial charge on any atom is -0.325 e. The third kappa shape index (κ3) is 7.82. The van der Waals surface area contributed by atoms with Gasteiger partial charge in [-0.15, -0.1) is 0 Å². The van der Waals surface area contributed by atoms with Crippen molar-refractivity contribution >= 4 is 50.9 Å². The summed E-state index contributed by atoms with van der Waals surface area (Å²) in [5.41, 5.74) is 0.853. The lowest BCUT2D eigenvalue weighted by Gasteiger charge is -2.16. The number of carbonyl (C=O) groups is 4. The minimum absolute atomic E-state index is 0.00535. The molecule has 2 fully saturated rings. The molecule has 2 saturated heterocycles. The second-order valence-corrected chi connectivity index (χ2v) is 9.31. The fourth-order valence-corrected chi connectivity index (χ4v) is 4.31. The van der Waals surface area contributed by atoms with Gasteiger partial charge in [0.05, 0.1) is 16.5 Å². The molecule has 4 rings (SSSR count). The first kappa shape index (κ1) is 28.2. The van der Waals surface area contributed by atoms with Crippen LogP contribution in [0.2, 0.25) is 0 Å². The summed E-state index contributed by atoms with van der Waals surface area (Å²) < 4.78 is 26.8. The number of alkyl halides is 1. The van der Waals surface area contributed by atoms with Gasteiger partial charge in [0, 0.05) is 37.6 Å². The van der Waals surface area contributed by atoms with E-state index in [4.69, 9.17) is 0 Å². The Morgan fingerprint density at radius 3 is 1.57 bits per heavy atom. The van der Waals surface area contributed by atoms with Crippen LogP contribution >= 0.6 is 15.9 Å². The summed E-state index contributed by atoms with van der Waals surface area (Å²) in [6.45, 7) is 4.25. The standard InChI is InChI=1S/C13H14BrFN2O2.C13H15FN2O2/c14-8-12(18)10-7-9(3-4-11(10)15)16-13(19)17-5-1-2-6-17;1-9(17)11-8-10(4-5-12(11)14)15-13(18)16-6-2-3-7-16/h3-4,7H,1-2,5-6,8H2,(H,16,19);4-5,8H,2-3,6-7H2,1H3,(H,15,18). The highest BCUT2D eigenvalue weighted by molar-refractivity contribution is 9.09. The molecule has 0 spiro atoms. The summed E-state index contributed by atoms with van der Waals surface area (Å²) in [4.78, 5) is 49.8. The predicted molar refractivity (Wildman–Crippen MR) is 141 cm³/mol. The van der Waals surface area contributed by atoms with E-state index in [9.17, 15) is 28.0 Å². The van der Waals surface area contributed by atoms with Gasteiger partial charge in [0.1, 0.15) is 11.6 Å². The van der Waals surface area contributed by atoms with Gasteiger partial charge in [0.15, 0.2) is 11.6 Å². The van der Waals surface area contributed by atoms with Gasteiger partial charge < -0.3 is 20.4 Å². The Bertz CT molecular complexity index is 1170. The van der Waals surface area contributed by atoms with Crippen LogP contribution in [0, 0.1) is 11.6 Å². The molecule has 8 nitrogen and oxygen atoms in total. The van der Waals surface area contributed by atoms with Gasteiger partial charge in [-0.1, -0.05) is 15.9 Å². The summed E-state index contributed by atoms with van der Waals surface area (Å²) in [6, 6.07) is 7.61. The molecule has 0 aromatic heterocycles. The number of hydrogen-bond donors (Lipinski definition) is 2. The number of nitrogens with zero attached hydrogens (tertiary/aromatic N) is 2. The zero-order valence-corrected chi connectivity index (χ0v) is 22.1. The van der Waals surface area contributed by atoms with E-state index in [-0.39, 0.29) is 40.1 Å². The molecular weight excluding hydrogens is 550 g/mol. The van der Waals surface area contributed by atoms with E-state index in [1.165, 1.54) is 43.3 Å². The highest BCUT2D eigenvalue weighted by Crippen LogP contribution is 2.19. The molecule has 2 aliphatic heterocycles. The molecule has 0 saturated carbocycles. The molecule has 4 amide bonds. The Hall–Kier alpha value is -3.34. The van der Waals surface area contributed by atoms with E-state index in [2.05, 4.69) is 26.6 Å². The Morgan fingerprint density at radius 2 is 1.16 bits per heavy atom. The van der Waals surface area contributed by atoms with Gasteiger partial charge in [0.25, 0.3) is 0 Å². The van der Waals surface area contributed by atoms with Crippen molar-refractivity contribution in [2.24, 2.45) is 0 Å². The highest BCUT2D eigenvalue weighted by atomic mass is 79.9. The first-order chi connectivity index (χ1) is 17.7. The van der Waals surface area contributed by atoms with Crippen LogP contribution in [-0.4, -0.2) is 64.9 Å². The largest absolute Gasteiger partial charge is 0.325 e. The van der Waals surface area contributed by atoms with Crippen molar-refractivity contribution in [1.82, 2.24) is 9.80 Å². The van der Waals surface area contributed by atoms with E-state index in [0.29, 0.717) is 11.4 Å². The monoisotopic (exact) mass is 578 g/mol. The van der Waals surface area contributed by atoms with E-state index < -0.39 is 11.6 Å². The van der Waals surface area contributed by atoms with Crippen LogP contribution in [0.15, 0.2) is 36.4 Å². The average molecular weight is 579 g/mol. The fraction of sp³-hybridized carbons (Fsp3) is 0.385. The lowest BCUT2D eigenvalue weighted by molar-refractivity contribution is 0.100. The molecule has 0 atom stereocenters. The lowest BCUT2D eigenvalue weighted by Crippen LogP contribution is -2.32. The zero-order chi connectivity index (χ0) is 26.9. The Balaban J connectivity index is 0.000000206. The summed E-state index contributed by atoms with van der Waals surface area (Å²) in [5.74, 6) is -1.86. The fourth-order valence-electron chi connectivity index (χ4n) is 4.01. The number of likely N-dealkylation sites (tertiary alicyclic amines) is 2. The molecule has 0 aliphatic carbocycles. The van der Waals surface area contributed by atoms with Crippen molar-refractivity contribution in [2.45, 2.75) is 32.6 Å². The molecule has 198 valence electrons. The van der Waals surface area contributed by atoms with Gasteiger partial charge in [-0.2, -0.15) is 0 Å². The van der Waals surface area contributed by atoms with Gasteiger partial charge >= 0.3 is 12.1 Å². The molecule has 2 heterocycles. The molecule has 2 N–H and O–H groups in total. The van der Waals surface area contributed by atoms with Gasteiger partial charge in [-0.05, 0) is 69.0 Å². The predicted octanol–water partition coefficient (Wildman–Crippen LogP) is 5.69. The second kappa shape index (κ2) is 13.3. The molecule has 2 aromatic rings. The van der Waals surface area contributed by atoms with Crippen molar-refractivity contribution < 1.29 is 28.0 Å². The normalized spacial score (nSPS) is 14.6. The van der Waals surface area contributed by atoms with Crippen LogP contribution < -0.4 is 10.6 Å². The molecule has 2 aliphatic rings. The smallest absolute Gasteiger partial charge is 0.321 e. The van der Waals surface area contributed by atoms with E-state index in [1.54, 1.807) is 9.80 Å². The first-order valence-corrected chi connectivity index (χ1v) is 13.1. The molecule has 0 unspecified atom stereocenters. The quantitative estimate of drug-likeness (QED) is 0.352. The van der Waals surface area contributed by atoms with E-state index in [1.807, 2.05) is 0 Å². The molecule has 2 aromatic carbocycles. The number of rotatable bonds is 5. The summed E-state index contributed by atoms with van der Waals surface area (Å²) >= 11 is 3.00. The third-order valence-corrected chi connectivity index (χ3v) is 6.53. The number of amides is 4. The van der Waals surface area contributed by atoms with Crippen LogP contribution in [-0.2, 0) is 0 Å². The number of carbonyl (C=O) groups excluding carboxylic acids is 4. The van der Waals surface area contributed by atoms with Crippen LogP contribution in [0.1, 0.15) is 53.3 Å². The maximum atomic E-state index is 13.5. The first-order valence-electron chi connectivity index (χ1n) is 12.0. The number of halogens is 3. The Kier molecular flexibility index (Phi) is 10.1. The minimum atomic E-state index is -0.580. The average Bonchev–Trinajstić information content (AvgIpc) is 3.61. The van der Waals surface area contributed by atoms with E-state index >= 15 is 0 Å². The SMILES string of the molecule is CC(=O)c1cc(NC(=O)N2CCCC2)ccc1F.O=C(CBr)c1cc(NC(=O)N2CCCC2)ccc1F. The van der Waals surface area contributed by atoms with Crippen molar-refractivity contribution in [3.05, 3.63) is 59.2 Å².